The standard InChI is InChI=1S/C10H15N3O3/c1-6(5-15-3)13-4-8-9(12-13)7(2)11-10(14)16-8/h4,6-7H,5H2,1-3H3,(H,11,14). The van der Waals surface area contributed by atoms with Crippen LogP contribution in [0.3, 0.4) is 0 Å². The van der Waals surface area contributed by atoms with Gasteiger partial charge in [0.05, 0.1) is 24.9 Å². The van der Waals surface area contributed by atoms with Crippen molar-refractivity contribution in [2.45, 2.75) is 25.9 Å². The van der Waals surface area contributed by atoms with Crippen molar-refractivity contribution in [3.8, 4) is 5.75 Å². The van der Waals surface area contributed by atoms with Crippen molar-refractivity contribution in [1.82, 2.24) is 15.1 Å². The first kappa shape index (κ1) is 10.9. The van der Waals surface area contributed by atoms with E-state index in [1.807, 2.05) is 13.8 Å². The van der Waals surface area contributed by atoms with Gasteiger partial charge in [-0.2, -0.15) is 5.10 Å². The van der Waals surface area contributed by atoms with E-state index in [0.717, 1.165) is 5.69 Å². The van der Waals surface area contributed by atoms with Crippen LogP contribution in [0.2, 0.25) is 0 Å². The predicted octanol–water partition coefficient (Wildman–Crippen LogP) is 1.25. The van der Waals surface area contributed by atoms with Crippen LogP contribution in [-0.2, 0) is 4.74 Å². The molecule has 0 aromatic carbocycles. The lowest BCUT2D eigenvalue weighted by atomic mass is 10.2. The molecule has 1 aliphatic heterocycles. The van der Waals surface area contributed by atoms with Crippen LogP contribution in [0.5, 0.6) is 5.75 Å². The quantitative estimate of drug-likeness (QED) is 0.840. The molecule has 1 amide bonds. The zero-order valence-electron chi connectivity index (χ0n) is 9.56. The maximum Gasteiger partial charge on any atom is 0.413 e. The van der Waals surface area contributed by atoms with Crippen LogP contribution in [0.4, 0.5) is 4.79 Å². The third kappa shape index (κ3) is 1.88. The summed E-state index contributed by atoms with van der Waals surface area (Å²) in [6.45, 7) is 4.43. The fraction of sp³-hybridized carbons (Fsp3) is 0.600. The minimum Gasteiger partial charge on any atom is -0.407 e. The van der Waals surface area contributed by atoms with Gasteiger partial charge >= 0.3 is 6.09 Å². The molecule has 2 atom stereocenters. The van der Waals surface area contributed by atoms with Crippen molar-refractivity contribution >= 4 is 6.09 Å². The van der Waals surface area contributed by atoms with Crippen LogP contribution in [0.1, 0.15) is 31.6 Å². The molecule has 1 aliphatic rings. The molecule has 16 heavy (non-hydrogen) atoms. The summed E-state index contributed by atoms with van der Waals surface area (Å²) in [6, 6.07) is -0.00579. The number of rotatable bonds is 3. The van der Waals surface area contributed by atoms with Crippen molar-refractivity contribution in [3.05, 3.63) is 11.9 Å². The Morgan fingerprint density at radius 3 is 3.19 bits per heavy atom. The second-order valence-electron chi connectivity index (χ2n) is 3.92. The van der Waals surface area contributed by atoms with Gasteiger partial charge in [-0.3, -0.25) is 4.68 Å². The van der Waals surface area contributed by atoms with Gasteiger partial charge in [0.2, 0.25) is 0 Å². The van der Waals surface area contributed by atoms with Crippen molar-refractivity contribution in [1.29, 1.82) is 0 Å². The number of aromatic nitrogens is 2. The summed E-state index contributed by atoms with van der Waals surface area (Å²) >= 11 is 0. The molecule has 6 nitrogen and oxygen atoms in total. The summed E-state index contributed by atoms with van der Waals surface area (Å²) in [6.07, 6.45) is 1.30. The van der Waals surface area contributed by atoms with Gasteiger partial charge in [0.25, 0.3) is 0 Å². The van der Waals surface area contributed by atoms with E-state index in [9.17, 15) is 4.79 Å². The minimum absolute atomic E-state index is 0.113. The van der Waals surface area contributed by atoms with Gasteiger partial charge in [-0.15, -0.1) is 0 Å². The lowest BCUT2D eigenvalue weighted by molar-refractivity contribution is 0.156. The number of hydrogen-bond donors (Lipinski definition) is 1. The summed E-state index contributed by atoms with van der Waals surface area (Å²) in [7, 11) is 1.64. The average molecular weight is 225 g/mol. The maximum absolute atomic E-state index is 11.1. The summed E-state index contributed by atoms with van der Waals surface area (Å²) in [5.74, 6) is 0.527. The van der Waals surface area contributed by atoms with Crippen molar-refractivity contribution in [3.63, 3.8) is 0 Å². The molecular weight excluding hydrogens is 210 g/mol. The molecule has 2 unspecified atom stereocenters. The smallest absolute Gasteiger partial charge is 0.407 e. The summed E-state index contributed by atoms with van der Waals surface area (Å²) in [4.78, 5) is 11.1. The molecule has 6 heteroatoms. The molecule has 0 fully saturated rings. The number of carbonyl (C=O) groups is 1. The van der Waals surface area contributed by atoms with Crippen LogP contribution in [0.25, 0.3) is 0 Å². The first-order chi connectivity index (χ1) is 7.61. The highest BCUT2D eigenvalue weighted by atomic mass is 16.6. The Labute approximate surface area is 93.5 Å². The number of fused-ring (bicyclic) bond motifs is 1. The van der Waals surface area contributed by atoms with E-state index in [1.165, 1.54) is 0 Å². The number of hydrogen-bond acceptors (Lipinski definition) is 4. The highest BCUT2D eigenvalue weighted by Crippen LogP contribution is 2.28. The second-order valence-corrected chi connectivity index (χ2v) is 3.92. The number of amides is 1. The van der Waals surface area contributed by atoms with Gasteiger partial charge < -0.3 is 14.8 Å². The SMILES string of the molecule is COCC(C)n1cc2c(n1)C(C)NC(=O)O2. The normalized spacial score (nSPS) is 20.9. The summed E-state index contributed by atoms with van der Waals surface area (Å²) in [5, 5.41) is 7.03. The monoisotopic (exact) mass is 225 g/mol. The molecule has 88 valence electrons. The molecule has 0 saturated heterocycles. The molecule has 0 bridgehead atoms. The first-order valence-electron chi connectivity index (χ1n) is 5.18. The summed E-state index contributed by atoms with van der Waals surface area (Å²) < 4.78 is 11.8. The number of methoxy groups -OCH3 is 1. The largest absolute Gasteiger partial charge is 0.413 e. The van der Waals surface area contributed by atoms with E-state index in [1.54, 1.807) is 18.0 Å². The maximum atomic E-state index is 11.1. The highest BCUT2D eigenvalue weighted by Gasteiger charge is 2.27. The van der Waals surface area contributed by atoms with E-state index in [4.69, 9.17) is 9.47 Å². The topological polar surface area (TPSA) is 65.4 Å². The number of nitrogens with one attached hydrogen (secondary N) is 1. The zero-order valence-corrected chi connectivity index (χ0v) is 9.56. The van der Waals surface area contributed by atoms with Crippen LogP contribution >= 0.6 is 0 Å². The van der Waals surface area contributed by atoms with Crippen LogP contribution < -0.4 is 10.1 Å². The van der Waals surface area contributed by atoms with E-state index in [0.29, 0.717) is 12.4 Å². The fourth-order valence-corrected chi connectivity index (χ4v) is 1.69. The van der Waals surface area contributed by atoms with Crippen LogP contribution in [-0.4, -0.2) is 29.6 Å². The zero-order chi connectivity index (χ0) is 11.7. The van der Waals surface area contributed by atoms with Crippen molar-refractivity contribution < 1.29 is 14.3 Å². The molecule has 0 saturated carbocycles. The van der Waals surface area contributed by atoms with Gasteiger partial charge in [-0.05, 0) is 13.8 Å². The van der Waals surface area contributed by atoms with Gasteiger partial charge in [0.1, 0.15) is 5.69 Å². The Morgan fingerprint density at radius 2 is 2.50 bits per heavy atom. The molecular formula is C10H15N3O3. The third-order valence-corrected chi connectivity index (χ3v) is 2.53. The molecule has 2 heterocycles. The van der Waals surface area contributed by atoms with Gasteiger partial charge in [0.15, 0.2) is 5.75 Å². The van der Waals surface area contributed by atoms with Gasteiger partial charge in [-0.1, -0.05) is 0 Å². The second kappa shape index (κ2) is 4.13. The van der Waals surface area contributed by atoms with Gasteiger partial charge in [-0.25, -0.2) is 4.79 Å². The Balaban J connectivity index is 2.26. The average Bonchev–Trinajstić information content (AvgIpc) is 2.62. The van der Waals surface area contributed by atoms with Crippen LogP contribution in [0, 0.1) is 0 Å². The molecule has 0 radical (unpaired) electrons. The van der Waals surface area contributed by atoms with E-state index >= 15 is 0 Å². The lowest BCUT2D eigenvalue weighted by Crippen LogP contribution is -2.34. The van der Waals surface area contributed by atoms with E-state index < -0.39 is 6.09 Å². The Kier molecular flexibility index (Phi) is 2.82. The van der Waals surface area contributed by atoms with Crippen molar-refractivity contribution in [2.75, 3.05) is 13.7 Å². The fourth-order valence-electron chi connectivity index (χ4n) is 1.69. The molecule has 0 spiro atoms. The Bertz CT molecular complexity index is 402. The number of ether oxygens (including phenoxy) is 2. The third-order valence-electron chi connectivity index (χ3n) is 2.53. The minimum atomic E-state index is -0.432. The molecule has 0 aliphatic carbocycles. The van der Waals surface area contributed by atoms with E-state index in [-0.39, 0.29) is 12.1 Å². The first-order valence-corrected chi connectivity index (χ1v) is 5.18. The number of carbonyl (C=O) groups excluding carboxylic acids is 1. The highest BCUT2D eigenvalue weighted by molar-refractivity contribution is 5.73. The number of nitrogens with zero attached hydrogens (tertiary/aromatic N) is 2. The molecule has 2 rings (SSSR count). The van der Waals surface area contributed by atoms with E-state index in [2.05, 4.69) is 10.4 Å². The molecule has 1 aromatic rings. The Hall–Kier alpha value is -1.56. The predicted molar refractivity (Wildman–Crippen MR) is 56.4 cm³/mol. The van der Waals surface area contributed by atoms with Crippen molar-refractivity contribution in [2.24, 2.45) is 0 Å². The lowest BCUT2D eigenvalue weighted by Gasteiger charge is -2.17. The molecule has 1 N–H and O–H groups in total. The summed E-state index contributed by atoms with van der Waals surface area (Å²) in [5.41, 5.74) is 0.752. The van der Waals surface area contributed by atoms with Crippen LogP contribution in [0.15, 0.2) is 6.20 Å². The molecule has 1 aromatic heterocycles. The van der Waals surface area contributed by atoms with Gasteiger partial charge in [0, 0.05) is 7.11 Å². The Morgan fingerprint density at radius 1 is 1.75 bits per heavy atom.